The number of amides is 1. The van der Waals surface area contributed by atoms with Gasteiger partial charge in [0.2, 0.25) is 0 Å². The first-order chi connectivity index (χ1) is 15.3. The number of anilines is 2. The maximum Gasteiger partial charge on any atom is 0.254 e. The number of halogens is 1. The molecule has 0 saturated carbocycles. The van der Waals surface area contributed by atoms with Gasteiger partial charge in [0.1, 0.15) is 5.82 Å². The van der Waals surface area contributed by atoms with E-state index in [1.54, 1.807) is 16.6 Å². The highest BCUT2D eigenvalue weighted by Gasteiger charge is 2.34. The number of carbonyl (C=O) groups is 1. The zero-order chi connectivity index (χ0) is 22.6. The standard InChI is InChI=1S/C21H23FN8O2/c1-11-17-15(27-29(11)3)9-28(2)21(31)13-5-4-12(22)8-14(13)16-10-32-7-6-30(16)20-18(23)25-26-19(17)24-20/h4-5,8,16H,6-7,9-10H2,1-3H3,(H2,23,25)/t16-/m1/s1. The van der Waals surface area contributed by atoms with Gasteiger partial charge in [0, 0.05) is 31.9 Å². The van der Waals surface area contributed by atoms with Crippen molar-refractivity contribution in [3.63, 3.8) is 0 Å². The first-order valence-corrected chi connectivity index (χ1v) is 10.3. The summed E-state index contributed by atoms with van der Waals surface area (Å²) in [6.45, 7) is 3.27. The highest BCUT2D eigenvalue weighted by molar-refractivity contribution is 5.96. The van der Waals surface area contributed by atoms with Crippen molar-refractivity contribution < 1.29 is 13.9 Å². The summed E-state index contributed by atoms with van der Waals surface area (Å²) in [7, 11) is 3.52. The average Bonchev–Trinajstić information content (AvgIpc) is 3.06. The van der Waals surface area contributed by atoms with E-state index in [0.29, 0.717) is 47.2 Å². The molecule has 2 aromatic heterocycles. The lowest BCUT2D eigenvalue weighted by molar-refractivity contribution is 0.0771. The van der Waals surface area contributed by atoms with Gasteiger partial charge in [-0.1, -0.05) is 0 Å². The molecule has 0 unspecified atom stereocenters. The molecule has 166 valence electrons. The Bertz CT molecular complexity index is 1230. The summed E-state index contributed by atoms with van der Waals surface area (Å²) in [6, 6.07) is 3.72. The van der Waals surface area contributed by atoms with E-state index in [2.05, 4.69) is 15.3 Å². The molecule has 0 aliphatic carbocycles. The Labute approximate surface area is 183 Å². The van der Waals surface area contributed by atoms with Gasteiger partial charge < -0.3 is 20.3 Å². The first kappa shape index (κ1) is 20.3. The molecular weight excluding hydrogens is 415 g/mol. The summed E-state index contributed by atoms with van der Waals surface area (Å²) < 4.78 is 21.7. The van der Waals surface area contributed by atoms with Crippen LogP contribution in [0.3, 0.4) is 0 Å². The van der Waals surface area contributed by atoms with Gasteiger partial charge >= 0.3 is 0 Å². The van der Waals surface area contributed by atoms with Crippen molar-refractivity contribution in [2.24, 2.45) is 7.05 Å². The highest BCUT2D eigenvalue weighted by atomic mass is 19.1. The second kappa shape index (κ2) is 7.52. The minimum Gasteiger partial charge on any atom is -0.379 e. The third kappa shape index (κ3) is 3.16. The molecule has 1 atom stereocenters. The fraction of sp³-hybridized carbons (Fsp3) is 0.381. The summed E-state index contributed by atoms with van der Waals surface area (Å²) in [5.74, 6) is 0.280. The molecule has 2 N–H and O–H groups in total. The Morgan fingerprint density at radius 1 is 1.25 bits per heavy atom. The lowest BCUT2D eigenvalue weighted by atomic mass is 9.97. The van der Waals surface area contributed by atoms with Crippen LogP contribution in [-0.2, 0) is 18.3 Å². The molecule has 2 aliphatic rings. The number of nitrogen functional groups attached to an aromatic ring is 1. The molecule has 0 spiro atoms. The number of aromatic nitrogens is 5. The number of benzene rings is 1. The van der Waals surface area contributed by atoms with Crippen LogP contribution in [0, 0.1) is 12.7 Å². The highest BCUT2D eigenvalue weighted by Crippen LogP contribution is 2.36. The molecule has 1 saturated heterocycles. The van der Waals surface area contributed by atoms with E-state index in [-0.39, 0.29) is 24.9 Å². The van der Waals surface area contributed by atoms with Crippen LogP contribution < -0.4 is 10.6 Å². The minimum atomic E-state index is -0.465. The normalized spacial score (nSPS) is 18.4. The van der Waals surface area contributed by atoms with Gasteiger partial charge in [-0.05, 0) is 30.7 Å². The van der Waals surface area contributed by atoms with E-state index in [1.807, 2.05) is 18.9 Å². The summed E-state index contributed by atoms with van der Waals surface area (Å²) in [4.78, 5) is 21.7. The van der Waals surface area contributed by atoms with Gasteiger partial charge in [0.05, 0.1) is 37.1 Å². The number of rotatable bonds is 0. The second-order valence-corrected chi connectivity index (χ2v) is 8.05. The molecule has 11 heteroatoms. The molecule has 4 heterocycles. The smallest absolute Gasteiger partial charge is 0.254 e. The average molecular weight is 438 g/mol. The van der Waals surface area contributed by atoms with Crippen molar-refractivity contribution >= 4 is 17.5 Å². The molecule has 3 aromatic rings. The number of nitrogens with two attached hydrogens (primary N) is 1. The fourth-order valence-corrected chi connectivity index (χ4v) is 4.34. The van der Waals surface area contributed by atoms with Crippen molar-refractivity contribution in [1.82, 2.24) is 29.9 Å². The summed E-state index contributed by atoms with van der Waals surface area (Å²) in [5.41, 5.74) is 9.30. The minimum absolute atomic E-state index is 0.155. The van der Waals surface area contributed by atoms with E-state index in [0.717, 1.165) is 5.69 Å². The molecule has 2 aliphatic heterocycles. The molecule has 1 fully saturated rings. The van der Waals surface area contributed by atoms with Gasteiger partial charge in [-0.25, -0.2) is 9.37 Å². The Morgan fingerprint density at radius 2 is 2.06 bits per heavy atom. The van der Waals surface area contributed by atoms with Crippen LogP contribution in [0.4, 0.5) is 16.0 Å². The molecule has 2 bridgehead atoms. The van der Waals surface area contributed by atoms with Crippen molar-refractivity contribution in [2.75, 3.05) is 37.4 Å². The van der Waals surface area contributed by atoms with Crippen molar-refractivity contribution in [2.45, 2.75) is 19.5 Å². The van der Waals surface area contributed by atoms with Crippen LogP contribution >= 0.6 is 0 Å². The van der Waals surface area contributed by atoms with E-state index < -0.39 is 11.9 Å². The van der Waals surface area contributed by atoms with Crippen LogP contribution in [0.25, 0.3) is 11.4 Å². The van der Waals surface area contributed by atoms with Crippen LogP contribution in [0.5, 0.6) is 0 Å². The zero-order valence-electron chi connectivity index (χ0n) is 18.0. The number of hydrogen-bond donors (Lipinski definition) is 1. The number of carbonyl (C=O) groups excluding carboxylic acids is 1. The van der Waals surface area contributed by atoms with Crippen molar-refractivity contribution in [3.8, 4) is 11.4 Å². The van der Waals surface area contributed by atoms with Gasteiger partial charge in [0.15, 0.2) is 17.5 Å². The quantitative estimate of drug-likeness (QED) is 0.561. The summed E-state index contributed by atoms with van der Waals surface area (Å²) in [6.07, 6.45) is 0. The number of fused-ring (bicyclic) bond motifs is 8. The van der Waals surface area contributed by atoms with Crippen LogP contribution in [0.2, 0.25) is 0 Å². The van der Waals surface area contributed by atoms with E-state index in [1.165, 1.54) is 18.2 Å². The maximum absolute atomic E-state index is 14.3. The Balaban J connectivity index is 1.80. The Hall–Kier alpha value is -3.60. The molecular formula is C21H23FN8O2. The van der Waals surface area contributed by atoms with Gasteiger partial charge in [-0.2, -0.15) is 5.10 Å². The van der Waals surface area contributed by atoms with Crippen molar-refractivity contribution in [1.29, 1.82) is 0 Å². The Morgan fingerprint density at radius 3 is 2.88 bits per heavy atom. The van der Waals surface area contributed by atoms with Crippen LogP contribution in [0.1, 0.15) is 33.4 Å². The number of aryl methyl sites for hydroxylation is 1. The second-order valence-electron chi connectivity index (χ2n) is 8.05. The monoisotopic (exact) mass is 438 g/mol. The number of hydrogen-bond acceptors (Lipinski definition) is 8. The Kier molecular flexibility index (Phi) is 4.77. The number of nitrogens with zero attached hydrogens (tertiary/aromatic N) is 7. The molecule has 0 radical (unpaired) electrons. The molecule has 1 amide bonds. The molecule has 1 aromatic carbocycles. The lowest BCUT2D eigenvalue weighted by Crippen LogP contribution is -2.42. The van der Waals surface area contributed by atoms with E-state index in [9.17, 15) is 9.18 Å². The summed E-state index contributed by atoms with van der Waals surface area (Å²) in [5, 5.41) is 13.0. The number of morpholine rings is 1. The third-order valence-electron chi connectivity index (χ3n) is 6.06. The maximum atomic E-state index is 14.3. The molecule has 32 heavy (non-hydrogen) atoms. The number of ether oxygens (including phenoxy) is 1. The third-order valence-corrected chi connectivity index (χ3v) is 6.06. The predicted octanol–water partition coefficient (Wildman–Crippen LogP) is 1.47. The topological polar surface area (TPSA) is 115 Å². The van der Waals surface area contributed by atoms with Gasteiger partial charge in [-0.15, -0.1) is 10.2 Å². The molecule has 5 rings (SSSR count). The first-order valence-electron chi connectivity index (χ1n) is 10.3. The lowest BCUT2D eigenvalue weighted by Gasteiger charge is -2.38. The van der Waals surface area contributed by atoms with Crippen molar-refractivity contribution in [3.05, 3.63) is 46.5 Å². The predicted molar refractivity (Wildman–Crippen MR) is 114 cm³/mol. The fourth-order valence-electron chi connectivity index (χ4n) is 4.34. The van der Waals surface area contributed by atoms with Crippen LogP contribution in [0.15, 0.2) is 18.2 Å². The SMILES string of the molecule is Cc1c2c(nn1C)CN(C)C(=O)c1ccc(F)cc1[C@H]1COCCN1c1nc-2nnc1N. The zero-order valence-corrected chi connectivity index (χ0v) is 18.0. The summed E-state index contributed by atoms with van der Waals surface area (Å²) >= 11 is 0. The molecule has 10 nitrogen and oxygen atoms in total. The van der Waals surface area contributed by atoms with Gasteiger partial charge in [0.25, 0.3) is 5.91 Å². The van der Waals surface area contributed by atoms with Crippen LogP contribution in [-0.4, -0.2) is 62.6 Å². The van der Waals surface area contributed by atoms with Gasteiger partial charge in [-0.3, -0.25) is 9.48 Å². The largest absolute Gasteiger partial charge is 0.379 e. The van der Waals surface area contributed by atoms with E-state index >= 15 is 0 Å². The van der Waals surface area contributed by atoms with E-state index in [4.69, 9.17) is 15.5 Å².